The number of carbonyl (C=O) groups is 2. The van der Waals surface area contributed by atoms with Crippen LogP contribution in [0.15, 0.2) is 60.8 Å². The first-order valence-electron chi connectivity index (χ1n) is 21.9. The zero-order chi connectivity index (χ0) is 45.4. The summed E-state index contributed by atoms with van der Waals surface area (Å²) in [6.07, 6.45) is 11.4. The lowest BCUT2D eigenvalue weighted by molar-refractivity contribution is -0.307. The Morgan fingerprint density at radius 3 is 2.02 bits per heavy atom. The molecule has 1 fully saturated rings. The van der Waals surface area contributed by atoms with Crippen LogP contribution in [0.4, 0.5) is 0 Å². The molecule has 1 saturated heterocycles. The predicted molar refractivity (Wildman–Crippen MR) is 228 cm³/mol. The van der Waals surface area contributed by atoms with Gasteiger partial charge in [-0.15, -0.1) is 0 Å². The monoisotopic (exact) mass is 873 g/mol. The quantitative estimate of drug-likeness (QED) is 0.0318. The van der Waals surface area contributed by atoms with Crippen molar-refractivity contribution in [2.24, 2.45) is 0 Å². The Morgan fingerprint density at radius 1 is 0.689 bits per heavy atom. The molecule has 16 nitrogen and oxygen atoms in total. The Kier molecular flexibility index (Phi) is 31.9. The van der Waals surface area contributed by atoms with E-state index in [1.54, 1.807) is 18.2 Å². The minimum atomic E-state index is -1.69. The molecule has 16 heteroatoms. The van der Waals surface area contributed by atoms with Crippen molar-refractivity contribution in [3.63, 3.8) is 0 Å². The summed E-state index contributed by atoms with van der Waals surface area (Å²) < 4.78 is 23.7. The maximum absolute atomic E-state index is 11.5. The molecule has 12 atom stereocenters. The van der Waals surface area contributed by atoms with E-state index >= 15 is 0 Å². The van der Waals surface area contributed by atoms with Crippen LogP contribution in [-0.4, -0.2) is 156 Å². The van der Waals surface area contributed by atoms with E-state index in [0.717, 1.165) is 38.5 Å². The molecular formula is C45H76O16. The Morgan fingerprint density at radius 2 is 1.34 bits per heavy atom. The summed E-state index contributed by atoms with van der Waals surface area (Å²) in [4.78, 5) is 21.8. The predicted octanol–water partition coefficient (Wildman–Crippen LogP) is 3.62. The Balaban J connectivity index is 3.43. The van der Waals surface area contributed by atoms with Gasteiger partial charge in [-0.05, 0) is 70.6 Å². The summed E-state index contributed by atoms with van der Waals surface area (Å²) in [7, 11) is 0. The smallest absolute Gasteiger partial charge is 0.303 e. The molecular weight excluding hydrogens is 796 g/mol. The molecule has 1 rings (SSSR count). The van der Waals surface area contributed by atoms with E-state index in [4.69, 9.17) is 34.3 Å². The fourth-order valence-electron chi connectivity index (χ4n) is 6.17. The summed E-state index contributed by atoms with van der Waals surface area (Å²) in [5.74, 6) is -1.82. The minimum absolute atomic E-state index is 0.000618. The molecule has 0 aromatic carbocycles. The van der Waals surface area contributed by atoms with E-state index in [1.807, 2.05) is 37.3 Å². The number of carboxylic acids is 2. The van der Waals surface area contributed by atoms with Crippen LogP contribution < -0.4 is 0 Å². The largest absolute Gasteiger partial charge is 0.481 e. The molecule has 0 spiro atoms. The number of rotatable bonds is 36. The van der Waals surface area contributed by atoms with Crippen LogP contribution in [0.2, 0.25) is 0 Å². The maximum atomic E-state index is 11.5. The van der Waals surface area contributed by atoms with Crippen LogP contribution in [0.25, 0.3) is 0 Å². The molecule has 0 aliphatic carbocycles. The zero-order valence-electron chi connectivity index (χ0n) is 36.1. The zero-order valence-corrected chi connectivity index (χ0v) is 36.1. The molecule has 0 aromatic heterocycles. The Labute approximate surface area is 361 Å². The van der Waals surface area contributed by atoms with E-state index in [1.165, 1.54) is 12.2 Å². The van der Waals surface area contributed by atoms with Crippen molar-refractivity contribution in [3.8, 4) is 0 Å². The third-order valence-corrected chi connectivity index (χ3v) is 9.89. The Hall–Kier alpha value is -2.84. The lowest BCUT2D eigenvalue weighted by Crippen LogP contribution is -2.59. The van der Waals surface area contributed by atoms with Gasteiger partial charge in [-0.25, -0.2) is 0 Å². The lowest BCUT2D eigenvalue weighted by atomic mass is 9.99. The van der Waals surface area contributed by atoms with Crippen LogP contribution in [-0.2, 0) is 28.5 Å². The first-order valence-corrected chi connectivity index (χ1v) is 21.9. The number of hydrogen-bond acceptors (Lipinski definition) is 14. The fraction of sp³-hybridized carbons (Fsp3) is 0.733. The molecule has 1 aliphatic heterocycles. The summed E-state index contributed by atoms with van der Waals surface area (Å²) >= 11 is 0. The van der Waals surface area contributed by atoms with Gasteiger partial charge in [-0.1, -0.05) is 93.9 Å². The van der Waals surface area contributed by atoms with Crippen molar-refractivity contribution in [2.45, 2.75) is 190 Å². The summed E-state index contributed by atoms with van der Waals surface area (Å²) in [6.45, 7) is 2.81. The molecule has 0 aromatic rings. The summed E-state index contributed by atoms with van der Waals surface area (Å²) in [5, 5.41) is 102. The number of allylic oxidation sites excluding steroid dienone is 3. The molecule has 0 bridgehead atoms. The topological polar surface area (TPSA) is 273 Å². The standard InChI is InChI=1S/C45H76O16/c1-3-5-7-9-10-14-21-35(49)38(60-37(22-15-8-6-4-2)36(50)27-25-32(47)19-17-18-24-41(53)54)28-26-34(20-13-11-12-16-23-40(51)52)58-31-39-42(55)43(56)44(57)45(61-39)59-30-33(48)29-46/h8,10-11,13-15,25-28,32-39,42-50,55-57H,3-7,9,12,16-24,29-31H2,1-2H3,(H,51,52)(H,53,54)/b13-11-,14-10-,15-8-,27-25+,28-26+/t32?,33?,34?,35?,36?,37?,38?,39-,42+,43+,44-,45-/m1/s1. The second-order valence-electron chi connectivity index (χ2n) is 15.4. The highest BCUT2D eigenvalue weighted by Gasteiger charge is 2.44. The van der Waals surface area contributed by atoms with Gasteiger partial charge in [0.15, 0.2) is 6.29 Å². The van der Waals surface area contributed by atoms with Gasteiger partial charge in [0.2, 0.25) is 0 Å². The molecule has 1 aliphatic rings. The highest BCUT2D eigenvalue weighted by molar-refractivity contribution is 5.66. The number of unbranched alkanes of at least 4 members (excludes halogenated alkanes) is 6. The number of ether oxygens (including phenoxy) is 4. The molecule has 0 saturated carbocycles. The van der Waals surface area contributed by atoms with Crippen LogP contribution in [0.3, 0.4) is 0 Å². The number of carboxylic acid groups (broad SMARTS) is 2. The lowest BCUT2D eigenvalue weighted by Gasteiger charge is -2.40. The highest BCUT2D eigenvalue weighted by Crippen LogP contribution is 2.24. The number of aliphatic hydroxyl groups is 8. The van der Waals surface area contributed by atoms with Gasteiger partial charge < -0.3 is 70.0 Å². The molecule has 352 valence electrons. The average molecular weight is 873 g/mol. The van der Waals surface area contributed by atoms with Gasteiger partial charge in [-0.3, -0.25) is 9.59 Å². The molecule has 0 amide bonds. The molecule has 7 unspecified atom stereocenters. The molecule has 0 radical (unpaired) electrons. The Bertz CT molecular complexity index is 1290. The van der Waals surface area contributed by atoms with E-state index < -0.39 is 98.6 Å². The van der Waals surface area contributed by atoms with Gasteiger partial charge in [0.05, 0.1) is 50.3 Å². The molecule has 61 heavy (non-hydrogen) atoms. The number of aliphatic hydroxyl groups excluding tert-OH is 8. The SMILES string of the molecule is CCC/C=C\CC(OC(/C=C/C(C/C=C\CCCC(=O)O)OC[C@H]1O[C@@H](OCC(O)CO)[C@H](O)[C@@H](O)[C@H]1O)C(O)C/C=C\CCCCC)C(O)/C=C/C(O)CCCCC(=O)O. The third kappa shape index (κ3) is 26.4. The van der Waals surface area contributed by atoms with Crippen molar-refractivity contribution in [2.75, 3.05) is 19.8 Å². The first kappa shape index (κ1) is 56.2. The fourth-order valence-corrected chi connectivity index (χ4v) is 6.17. The first-order chi connectivity index (χ1) is 29.2. The van der Waals surface area contributed by atoms with Crippen LogP contribution in [0, 0.1) is 0 Å². The average Bonchev–Trinajstić information content (AvgIpc) is 3.23. The van der Waals surface area contributed by atoms with Gasteiger partial charge in [-0.2, -0.15) is 0 Å². The number of hydrogen-bond donors (Lipinski definition) is 10. The van der Waals surface area contributed by atoms with Crippen LogP contribution in [0.1, 0.15) is 117 Å². The summed E-state index contributed by atoms with van der Waals surface area (Å²) in [6, 6.07) is 0. The third-order valence-electron chi connectivity index (χ3n) is 9.89. The van der Waals surface area contributed by atoms with E-state index in [0.29, 0.717) is 32.1 Å². The van der Waals surface area contributed by atoms with Gasteiger partial charge >= 0.3 is 11.9 Å². The second-order valence-corrected chi connectivity index (χ2v) is 15.4. The second kappa shape index (κ2) is 34.6. The van der Waals surface area contributed by atoms with Gasteiger partial charge in [0.1, 0.15) is 36.6 Å². The molecule has 1 heterocycles. The van der Waals surface area contributed by atoms with Gasteiger partial charge in [0, 0.05) is 12.8 Å². The van der Waals surface area contributed by atoms with Crippen molar-refractivity contribution < 1.29 is 79.6 Å². The normalized spacial score (nSPS) is 23.6. The van der Waals surface area contributed by atoms with Crippen molar-refractivity contribution >= 4 is 11.9 Å². The van der Waals surface area contributed by atoms with Gasteiger partial charge in [0.25, 0.3) is 0 Å². The van der Waals surface area contributed by atoms with E-state index in [9.17, 15) is 45.3 Å². The van der Waals surface area contributed by atoms with E-state index in [2.05, 4.69) is 6.92 Å². The highest BCUT2D eigenvalue weighted by atomic mass is 16.7. The van der Waals surface area contributed by atoms with Crippen LogP contribution >= 0.6 is 0 Å². The van der Waals surface area contributed by atoms with E-state index in [-0.39, 0.29) is 38.7 Å². The molecule has 10 N–H and O–H groups in total. The van der Waals surface area contributed by atoms with Crippen molar-refractivity contribution in [1.29, 1.82) is 0 Å². The maximum Gasteiger partial charge on any atom is 0.303 e. The van der Waals surface area contributed by atoms with Crippen LogP contribution in [0.5, 0.6) is 0 Å². The minimum Gasteiger partial charge on any atom is -0.481 e. The van der Waals surface area contributed by atoms with Crippen molar-refractivity contribution in [3.05, 3.63) is 60.8 Å². The number of aliphatic carboxylic acids is 2. The summed E-state index contributed by atoms with van der Waals surface area (Å²) in [5.41, 5.74) is 0. The van der Waals surface area contributed by atoms with Crippen molar-refractivity contribution in [1.82, 2.24) is 0 Å².